The standard InChI is InChI=1S/C14H20ClNO2S/c1-11(2)14(6-7-14)10-16-19(17,18)13-5-3-4-12(8-13)9-15/h3-5,8,11,16H,6-7,9-10H2,1-2H3. The van der Waals surface area contributed by atoms with E-state index in [1.54, 1.807) is 18.2 Å². The average Bonchev–Trinajstić information content (AvgIpc) is 3.18. The molecule has 0 bridgehead atoms. The van der Waals surface area contributed by atoms with Gasteiger partial charge in [0, 0.05) is 12.4 Å². The second-order valence-electron chi connectivity index (χ2n) is 5.62. The second kappa shape index (κ2) is 5.43. The summed E-state index contributed by atoms with van der Waals surface area (Å²) in [6, 6.07) is 6.78. The van der Waals surface area contributed by atoms with Gasteiger partial charge in [0.15, 0.2) is 0 Å². The van der Waals surface area contributed by atoms with Crippen LogP contribution in [0, 0.1) is 11.3 Å². The number of hydrogen-bond donors (Lipinski definition) is 1. The van der Waals surface area contributed by atoms with Crippen LogP contribution in [0.25, 0.3) is 0 Å². The van der Waals surface area contributed by atoms with Gasteiger partial charge < -0.3 is 0 Å². The summed E-state index contributed by atoms with van der Waals surface area (Å²) in [5.74, 6) is 0.823. The Kier molecular flexibility index (Phi) is 4.23. The highest BCUT2D eigenvalue weighted by molar-refractivity contribution is 7.89. The van der Waals surface area contributed by atoms with Gasteiger partial charge in [-0.1, -0.05) is 26.0 Å². The summed E-state index contributed by atoms with van der Waals surface area (Å²) in [7, 11) is -3.43. The Labute approximate surface area is 120 Å². The SMILES string of the molecule is CC(C)C1(CNS(=O)(=O)c2cccc(CCl)c2)CC1. The first kappa shape index (κ1) is 14.8. The van der Waals surface area contributed by atoms with Crippen LogP contribution in [0.3, 0.4) is 0 Å². The molecule has 1 fully saturated rings. The zero-order valence-corrected chi connectivity index (χ0v) is 12.9. The summed E-state index contributed by atoms with van der Waals surface area (Å²) >= 11 is 5.73. The molecule has 0 atom stereocenters. The Bertz CT molecular complexity index is 550. The molecule has 1 aliphatic rings. The number of hydrogen-bond acceptors (Lipinski definition) is 2. The number of rotatable bonds is 6. The molecule has 0 amide bonds. The van der Waals surface area contributed by atoms with E-state index in [0.717, 1.165) is 18.4 Å². The summed E-state index contributed by atoms with van der Waals surface area (Å²) in [6.45, 7) is 4.82. The minimum absolute atomic E-state index is 0.164. The van der Waals surface area contributed by atoms with Gasteiger partial charge in [0.05, 0.1) is 4.90 Å². The van der Waals surface area contributed by atoms with Crippen molar-refractivity contribution in [1.29, 1.82) is 0 Å². The largest absolute Gasteiger partial charge is 0.240 e. The minimum Gasteiger partial charge on any atom is -0.211 e. The van der Waals surface area contributed by atoms with Crippen molar-refractivity contribution in [3.63, 3.8) is 0 Å². The zero-order valence-electron chi connectivity index (χ0n) is 11.3. The third-order valence-corrected chi connectivity index (χ3v) is 5.80. The fourth-order valence-electron chi connectivity index (χ4n) is 2.24. The van der Waals surface area contributed by atoms with E-state index in [2.05, 4.69) is 18.6 Å². The quantitative estimate of drug-likeness (QED) is 0.821. The summed E-state index contributed by atoms with van der Waals surface area (Å²) in [5, 5.41) is 0. The lowest BCUT2D eigenvalue weighted by molar-refractivity contribution is 0.357. The van der Waals surface area contributed by atoms with Crippen molar-refractivity contribution in [2.45, 2.75) is 37.5 Å². The van der Waals surface area contributed by atoms with Gasteiger partial charge in [-0.3, -0.25) is 0 Å². The third-order valence-electron chi connectivity index (χ3n) is 4.09. The lowest BCUT2D eigenvalue weighted by atomic mass is 9.93. The van der Waals surface area contributed by atoms with Crippen molar-refractivity contribution in [1.82, 2.24) is 4.72 Å². The molecule has 2 rings (SSSR count). The molecule has 1 aromatic carbocycles. The van der Waals surface area contributed by atoms with Crippen LogP contribution < -0.4 is 4.72 Å². The normalized spacial score (nSPS) is 17.7. The topological polar surface area (TPSA) is 46.2 Å². The van der Waals surface area contributed by atoms with E-state index in [4.69, 9.17) is 11.6 Å². The van der Waals surface area contributed by atoms with E-state index in [1.165, 1.54) is 0 Å². The van der Waals surface area contributed by atoms with Crippen molar-refractivity contribution in [2.75, 3.05) is 6.54 Å². The first-order chi connectivity index (χ1) is 8.89. The van der Waals surface area contributed by atoms with Crippen molar-refractivity contribution < 1.29 is 8.42 Å². The highest BCUT2D eigenvalue weighted by atomic mass is 35.5. The number of halogens is 1. The average molecular weight is 302 g/mol. The first-order valence-electron chi connectivity index (χ1n) is 6.54. The predicted molar refractivity (Wildman–Crippen MR) is 77.7 cm³/mol. The van der Waals surface area contributed by atoms with Crippen molar-refractivity contribution in [3.8, 4) is 0 Å². The Morgan fingerprint density at radius 1 is 1.37 bits per heavy atom. The molecular formula is C14H20ClNO2S. The van der Waals surface area contributed by atoms with Crippen LogP contribution in [0.1, 0.15) is 32.3 Å². The maximum atomic E-state index is 12.2. The van der Waals surface area contributed by atoms with Crippen LogP contribution in [0.4, 0.5) is 0 Å². The fraction of sp³-hybridized carbons (Fsp3) is 0.571. The molecule has 1 aromatic rings. The molecule has 1 N–H and O–H groups in total. The number of benzene rings is 1. The van der Waals surface area contributed by atoms with E-state index in [1.807, 2.05) is 6.07 Å². The Balaban J connectivity index is 2.10. The van der Waals surface area contributed by atoms with Gasteiger partial charge in [0.25, 0.3) is 0 Å². The highest BCUT2D eigenvalue weighted by Crippen LogP contribution is 2.51. The number of nitrogens with one attached hydrogen (secondary N) is 1. The van der Waals surface area contributed by atoms with Gasteiger partial charge in [-0.2, -0.15) is 0 Å². The molecule has 1 saturated carbocycles. The van der Waals surface area contributed by atoms with E-state index < -0.39 is 10.0 Å². The molecule has 19 heavy (non-hydrogen) atoms. The molecule has 1 aliphatic carbocycles. The maximum absolute atomic E-state index is 12.2. The predicted octanol–water partition coefficient (Wildman–Crippen LogP) is 3.14. The molecule has 5 heteroatoms. The minimum atomic E-state index is -3.43. The van der Waals surface area contributed by atoms with Gasteiger partial charge >= 0.3 is 0 Å². The second-order valence-corrected chi connectivity index (χ2v) is 7.66. The summed E-state index contributed by atoms with van der Waals surface area (Å²) < 4.78 is 27.2. The fourth-order valence-corrected chi connectivity index (χ4v) is 3.61. The van der Waals surface area contributed by atoms with Crippen LogP contribution in [0.5, 0.6) is 0 Å². The highest BCUT2D eigenvalue weighted by Gasteiger charge is 2.45. The molecule has 0 saturated heterocycles. The van der Waals surface area contributed by atoms with E-state index in [0.29, 0.717) is 23.2 Å². The Morgan fingerprint density at radius 2 is 2.05 bits per heavy atom. The van der Waals surface area contributed by atoms with E-state index in [-0.39, 0.29) is 5.41 Å². The van der Waals surface area contributed by atoms with Crippen LogP contribution in [0.15, 0.2) is 29.2 Å². The molecule has 106 valence electrons. The van der Waals surface area contributed by atoms with Gasteiger partial charge in [0.2, 0.25) is 10.0 Å². The molecular weight excluding hydrogens is 282 g/mol. The summed E-state index contributed by atoms with van der Waals surface area (Å²) in [4.78, 5) is 0.296. The van der Waals surface area contributed by atoms with Gasteiger partial charge in [-0.25, -0.2) is 13.1 Å². The van der Waals surface area contributed by atoms with Crippen molar-refractivity contribution >= 4 is 21.6 Å². The Morgan fingerprint density at radius 3 is 2.58 bits per heavy atom. The molecule has 0 aliphatic heterocycles. The van der Waals surface area contributed by atoms with Gasteiger partial charge in [-0.15, -0.1) is 11.6 Å². The van der Waals surface area contributed by atoms with Gasteiger partial charge in [0.1, 0.15) is 0 Å². The van der Waals surface area contributed by atoms with Crippen LogP contribution in [-0.4, -0.2) is 15.0 Å². The molecule has 0 spiro atoms. The van der Waals surface area contributed by atoms with Crippen molar-refractivity contribution in [3.05, 3.63) is 29.8 Å². The molecule has 0 aromatic heterocycles. The Hall–Kier alpha value is -0.580. The molecule has 0 unspecified atom stereocenters. The summed E-state index contributed by atoms with van der Waals surface area (Å²) in [6.07, 6.45) is 2.21. The first-order valence-corrected chi connectivity index (χ1v) is 8.56. The van der Waals surface area contributed by atoms with Crippen LogP contribution in [0.2, 0.25) is 0 Å². The number of alkyl halides is 1. The third kappa shape index (κ3) is 3.30. The van der Waals surface area contributed by atoms with E-state index >= 15 is 0 Å². The smallest absolute Gasteiger partial charge is 0.211 e. The lowest BCUT2D eigenvalue weighted by Gasteiger charge is -2.20. The molecule has 0 heterocycles. The molecule has 0 radical (unpaired) electrons. The van der Waals surface area contributed by atoms with Crippen LogP contribution >= 0.6 is 11.6 Å². The number of sulfonamides is 1. The monoisotopic (exact) mass is 301 g/mol. The lowest BCUT2D eigenvalue weighted by Crippen LogP contribution is -2.32. The van der Waals surface area contributed by atoms with Crippen molar-refractivity contribution in [2.24, 2.45) is 11.3 Å². The summed E-state index contributed by atoms with van der Waals surface area (Å²) in [5.41, 5.74) is 0.978. The zero-order chi connectivity index (χ0) is 14.1. The van der Waals surface area contributed by atoms with Gasteiger partial charge in [-0.05, 0) is 41.9 Å². The van der Waals surface area contributed by atoms with Crippen LogP contribution in [-0.2, 0) is 15.9 Å². The molecule has 3 nitrogen and oxygen atoms in total. The maximum Gasteiger partial charge on any atom is 0.240 e. The van der Waals surface area contributed by atoms with E-state index in [9.17, 15) is 8.42 Å².